The van der Waals surface area contributed by atoms with Gasteiger partial charge in [0.2, 0.25) is 0 Å². The van der Waals surface area contributed by atoms with Gasteiger partial charge in [-0.15, -0.1) is 0 Å². The van der Waals surface area contributed by atoms with Crippen molar-refractivity contribution in [1.29, 1.82) is 0 Å². The topological polar surface area (TPSA) is 88.1 Å². The Kier molecular flexibility index (Phi) is 56.2. The van der Waals surface area contributed by atoms with E-state index in [0.717, 1.165) is 52.1 Å². The molecule has 0 bridgehead atoms. The van der Waals surface area contributed by atoms with Gasteiger partial charge in [0, 0.05) is 0 Å². The van der Waals surface area contributed by atoms with Crippen molar-refractivity contribution in [3.8, 4) is 0 Å². The zero-order valence-corrected chi connectivity index (χ0v) is 35.8. The lowest BCUT2D eigenvalue weighted by molar-refractivity contribution is 0.515. The number of hydrogen-bond donors (Lipinski definition) is 5. The molecule has 310 valence electrons. The molecule has 0 aliphatic heterocycles. The zero-order valence-electron chi connectivity index (χ0n) is 35.8. The molecule has 51 heavy (non-hydrogen) atoms. The third-order valence-corrected chi connectivity index (χ3v) is 10.5. The minimum atomic E-state index is 0.785. The molecule has 5 heteroatoms. The fourth-order valence-corrected chi connectivity index (χ4v) is 6.93. The van der Waals surface area contributed by atoms with Crippen molar-refractivity contribution in [2.45, 2.75) is 245 Å². The highest BCUT2D eigenvalue weighted by Gasteiger charge is 1.97. The van der Waals surface area contributed by atoms with Crippen LogP contribution in [0, 0.1) is 0 Å². The SMILES string of the molecule is CCCCCCCCCCCCCCCCCCNCCCCCCCCCCCCCCCCCC.NCCCNCCCCNCCCN. The van der Waals surface area contributed by atoms with Gasteiger partial charge in [-0.1, -0.05) is 206 Å². The minimum absolute atomic E-state index is 0.785. The second kappa shape index (κ2) is 54.1. The van der Waals surface area contributed by atoms with Gasteiger partial charge < -0.3 is 27.4 Å². The fourth-order valence-electron chi connectivity index (χ4n) is 6.93. The summed E-state index contributed by atoms with van der Waals surface area (Å²) in [6, 6.07) is 0. The lowest BCUT2D eigenvalue weighted by Gasteiger charge is -2.06. The van der Waals surface area contributed by atoms with Crippen molar-refractivity contribution in [1.82, 2.24) is 16.0 Å². The van der Waals surface area contributed by atoms with Crippen molar-refractivity contribution in [3.05, 3.63) is 0 Å². The normalized spacial score (nSPS) is 11.3. The van der Waals surface area contributed by atoms with Gasteiger partial charge in [0.15, 0.2) is 0 Å². The van der Waals surface area contributed by atoms with Crippen molar-refractivity contribution < 1.29 is 0 Å². The summed E-state index contributed by atoms with van der Waals surface area (Å²) in [5, 5.41) is 10.4. The van der Waals surface area contributed by atoms with E-state index in [-0.39, 0.29) is 0 Å². The number of hydrogen-bond acceptors (Lipinski definition) is 5. The molecule has 5 nitrogen and oxygen atoms in total. The zero-order chi connectivity index (χ0) is 37.2. The summed E-state index contributed by atoms with van der Waals surface area (Å²) in [4.78, 5) is 0. The Morgan fingerprint density at radius 1 is 0.216 bits per heavy atom. The highest BCUT2D eigenvalue weighted by molar-refractivity contribution is 4.55. The molecule has 0 saturated heterocycles. The Balaban J connectivity index is 0. The molecule has 0 spiro atoms. The van der Waals surface area contributed by atoms with Crippen LogP contribution in [0.25, 0.3) is 0 Å². The third kappa shape index (κ3) is 56.7. The van der Waals surface area contributed by atoms with Crippen LogP contribution in [0.3, 0.4) is 0 Å². The Labute approximate surface area is 323 Å². The number of nitrogens with one attached hydrogen (secondary N) is 3. The van der Waals surface area contributed by atoms with Crippen molar-refractivity contribution >= 4 is 0 Å². The van der Waals surface area contributed by atoms with Gasteiger partial charge in [0.1, 0.15) is 0 Å². The van der Waals surface area contributed by atoms with E-state index in [4.69, 9.17) is 11.5 Å². The summed E-state index contributed by atoms with van der Waals surface area (Å²) in [5.74, 6) is 0. The van der Waals surface area contributed by atoms with Crippen molar-refractivity contribution in [3.63, 3.8) is 0 Å². The van der Waals surface area contributed by atoms with E-state index in [1.54, 1.807) is 0 Å². The Hall–Kier alpha value is -0.200. The van der Waals surface area contributed by atoms with E-state index in [1.165, 1.54) is 231 Å². The molecule has 0 aromatic carbocycles. The monoisotopic (exact) mass is 724 g/mol. The molecule has 0 atom stereocenters. The quantitative estimate of drug-likeness (QED) is 0.0404. The molecule has 0 aromatic heterocycles. The molecule has 0 saturated carbocycles. The molecule has 7 N–H and O–H groups in total. The van der Waals surface area contributed by atoms with Crippen LogP contribution in [-0.4, -0.2) is 52.4 Å². The summed E-state index contributed by atoms with van der Waals surface area (Å²) < 4.78 is 0. The Morgan fingerprint density at radius 2 is 0.373 bits per heavy atom. The summed E-state index contributed by atoms with van der Waals surface area (Å²) in [6.07, 6.45) is 51.3. The lowest BCUT2D eigenvalue weighted by atomic mass is 10.0. The van der Waals surface area contributed by atoms with Crippen LogP contribution in [0.4, 0.5) is 0 Å². The minimum Gasteiger partial charge on any atom is -0.330 e. The molecule has 0 amide bonds. The second-order valence-electron chi connectivity index (χ2n) is 15.8. The molecule has 0 radical (unpaired) electrons. The standard InChI is InChI=1S/C36H75N.C10H26N4/c1-3-5-7-9-11-13-15-17-19-21-23-25-27-29-31-33-35-37-36-34-32-30-28-26-24-22-20-18-16-14-12-10-8-6-4-2;11-5-3-9-13-7-1-2-8-14-10-4-6-12/h37H,3-36H2,1-2H3;13-14H,1-12H2. The summed E-state index contributed by atoms with van der Waals surface area (Å²) in [5.41, 5.74) is 10.8. The first kappa shape index (κ1) is 52.9. The van der Waals surface area contributed by atoms with Crippen LogP contribution in [0.2, 0.25) is 0 Å². The van der Waals surface area contributed by atoms with Crippen LogP contribution in [0.15, 0.2) is 0 Å². The number of nitrogens with two attached hydrogens (primary N) is 2. The second-order valence-corrected chi connectivity index (χ2v) is 15.8. The first-order valence-corrected chi connectivity index (χ1v) is 23.9. The van der Waals surface area contributed by atoms with Crippen LogP contribution in [0.5, 0.6) is 0 Å². The first-order valence-electron chi connectivity index (χ1n) is 23.9. The van der Waals surface area contributed by atoms with E-state index in [9.17, 15) is 0 Å². The van der Waals surface area contributed by atoms with Crippen LogP contribution >= 0.6 is 0 Å². The average molecular weight is 724 g/mol. The molecule has 0 fully saturated rings. The van der Waals surface area contributed by atoms with Gasteiger partial charge in [-0.2, -0.15) is 0 Å². The number of unbranched alkanes of at least 4 members (excludes halogenated alkanes) is 31. The van der Waals surface area contributed by atoms with E-state index in [1.807, 2.05) is 0 Å². The van der Waals surface area contributed by atoms with Gasteiger partial charge in [0.25, 0.3) is 0 Å². The van der Waals surface area contributed by atoms with E-state index < -0.39 is 0 Å². The average Bonchev–Trinajstić information content (AvgIpc) is 3.14. The molecule has 0 unspecified atom stereocenters. The summed E-state index contributed by atoms with van der Waals surface area (Å²) in [7, 11) is 0. The predicted octanol–water partition coefficient (Wildman–Crippen LogP) is 12.7. The maximum Gasteiger partial charge on any atom is -0.00369 e. The van der Waals surface area contributed by atoms with Gasteiger partial charge in [-0.25, -0.2) is 0 Å². The van der Waals surface area contributed by atoms with Gasteiger partial charge in [-0.3, -0.25) is 0 Å². The van der Waals surface area contributed by atoms with Crippen LogP contribution in [0.1, 0.15) is 245 Å². The predicted molar refractivity (Wildman–Crippen MR) is 234 cm³/mol. The molecule has 0 aromatic rings. The maximum atomic E-state index is 5.38. The molecule has 0 heterocycles. The number of rotatable bonds is 45. The summed E-state index contributed by atoms with van der Waals surface area (Å²) in [6.45, 7) is 13.0. The fraction of sp³-hybridized carbons (Fsp3) is 1.00. The van der Waals surface area contributed by atoms with Crippen molar-refractivity contribution in [2.24, 2.45) is 11.5 Å². The highest BCUT2D eigenvalue weighted by Crippen LogP contribution is 2.15. The van der Waals surface area contributed by atoms with Crippen molar-refractivity contribution in [2.75, 3.05) is 52.4 Å². The van der Waals surface area contributed by atoms with Gasteiger partial charge in [-0.05, 0) is 90.9 Å². The van der Waals surface area contributed by atoms with E-state index >= 15 is 0 Å². The van der Waals surface area contributed by atoms with Crippen LogP contribution < -0.4 is 27.4 Å². The molecular weight excluding hydrogens is 623 g/mol. The smallest absolute Gasteiger partial charge is 0.00369 e. The molecule has 0 aliphatic rings. The van der Waals surface area contributed by atoms with E-state index in [2.05, 4.69) is 29.8 Å². The Morgan fingerprint density at radius 3 is 0.569 bits per heavy atom. The Bertz CT molecular complexity index is 500. The first-order chi connectivity index (χ1) is 25.3. The molecule has 0 aliphatic carbocycles. The third-order valence-electron chi connectivity index (χ3n) is 10.5. The molecule has 0 rings (SSSR count). The van der Waals surface area contributed by atoms with Gasteiger partial charge >= 0.3 is 0 Å². The maximum absolute atomic E-state index is 5.38. The summed E-state index contributed by atoms with van der Waals surface area (Å²) >= 11 is 0. The van der Waals surface area contributed by atoms with E-state index in [0.29, 0.717) is 0 Å². The van der Waals surface area contributed by atoms with Gasteiger partial charge in [0.05, 0.1) is 0 Å². The molecular formula is C46H101N5. The highest BCUT2D eigenvalue weighted by atomic mass is 14.9. The lowest BCUT2D eigenvalue weighted by Crippen LogP contribution is -2.22. The largest absolute Gasteiger partial charge is 0.330 e. The van der Waals surface area contributed by atoms with Crippen LogP contribution in [-0.2, 0) is 0 Å².